The van der Waals surface area contributed by atoms with Gasteiger partial charge in [0.25, 0.3) is 0 Å². The summed E-state index contributed by atoms with van der Waals surface area (Å²) in [6, 6.07) is 6.40. The van der Waals surface area contributed by atoms with E-state index in [-0.39, 0.29) is 5.82 Å². The van der Waals surface area contributed by atoms with E-state index >= 15 is 0 Å². The summed E-state index contributed by atoms with van der Waals surface area (Å²) in [4.78, 5) is 8.60. The highest BCUT2D eigenvalue weighted by atomic mass is 32.1. The van der Waals surface area contributed by atoms with Gasteiger partial charge in [0.05, 0.1) is 5.01 Å². The lowest BCUT2D eigenvalue weighted by Gasteiger charge is -2.06. The lowest BCUT2D eigenvalue weighted by atomic mass is 10.2. The monoisotopic (exact) mass is 273 g/mol. The van der Waals surface area contributed by atoms with E-state index in [9.17, 15) is 4.39 Å². The molecule has 0 unspecified atom stereocenters. The molecule has 3 aromatic rings. The first kappa shape index (κ1) is 12.0. The molecule has 19 heavy (non-hydrogen) atoms. The Labute approximate surface area is 114 Å². The molecule has 0 N–H and O–H groups in total. The van der Waals surface area contributed by atoms with Gasteiger partial charge < -0.3 is 4.57 Å². The van der Waals surface area contributed by atoms with Crippen molar-refractivity contribution < 1.29 is 4.39 Å². The van der Waals surface area contributed by atoms with E-state index in [1.54, 1.807) is 29.7 Å². The van der Waals surface area contributed by atoms with E-state index in [0.717, 1.165) is 29.4 Å². The van der Waals surface area contributed by atoms with Crippen LogP contribution >= 0.6 is 11.3 Å². The summed E-state index contributed by atoms with van der Waals surface area (Å²) >= 11 is 1.65. The van der Waals surface area contributed by atoms with Gasteiger partial charge in [-0.15, -0.1) is 11.3 Å². The number of nitrogens with zero attached hydrogens (tertiary/aromatic N) is 3. The first-order valence-corrected chi connectivity index (χ1v) is 6.86. The Kier molecular flexibility index (Phi) is 3.37. The molecule has 2 heterocycles. The molecule has 0 aliphatic rings. The molecule has 0 saturated heterocycles. The van der Waals surface area contributed by atoms with Crippen molar-refractivity contribution in [3.05, 3.63) is 59.1 Å². The summed E-state index contributed by atoms with van der Waals surface area (Å²) in [7, 11) is 0. The SMILES string of the molecule is Fc1ccc(-c2nccn2CCc2nccs2)cc1. The number of rotatable bonds is 4. The van der Waals surface area contributed by atoms with Crippen LogP contribution in [0.15, 0.2) is 48.2 Å². The van der Waals surface area contributed by atoms with Crippen molar-refractivity contribution in [3.8, 4) is 11.4 Å². The second kappa shape index (κ2) is 5.32. The molecule has 2 aromatic heterocycles. The molecule has 0 aliphatic heterocycles. The highest BCUT2D eigenvalue weighted by Crippen LogP contribution is 2.18. The molecule has 0 amide bonds. The summed E-state index contributed by atoms with van der Waals surface area (Å²) in [6.07, 6.45) is 6.39. The molecule has 1 aromatic carbocycles. The smallest absolute Gasteiger partial charge is 0.139 e. The Morgan fingerprint density at radius 2 is 1.95 bits per heavy atom. The van der Waals surface area contributed by atoms with Crippen LogP contribution in [0, 0.1) is 5.82 Å². The maximum absolute atomic E-state index is 12.9. The zero-order chi connectivity index (χ0) is 13.1. The topological polar surface area (TPSA) is 30.7 Å². The maximum atomic E-state index is 12.9. The van der Waals surface area contributed by atoms with Gasteiger partial charge in [-0.3, -0.25) is 0 Å². The minimum Gasteiger partial charge on any atom is -0.331 e. The first-order chi connectivity index (χ1) is 9.33. The van der Waals surface area contributed by atoms with Gasteiger partial charge in [-0.1, -0.05) is 0 Å². The Morgan fingerprint density at radius 3 is 2.68 bits per heavy atom. The number of imidazole rings is 1. The molecule has 0 bridgehead atoms. The van der Waals surface area contributed by atoms with Gasteiger partial charge in [-0.2, -0.15) is 0 Å². The Bertz CT molecular complexity index is 644. The molecule has 5 heteroatoms. The number of aromatic nitrogens is 3. The minimum absolute atomic E-state index is 0.232. The number of aryl methyl sites for hydroxylation is 2. The highest BCUT2D eigenvalue weighted by molar-refractivity contribution is 7.09. The Morgan fingerprint density at radius 1 is 1.11 bits per heavy atom. The van der Waals surface area contributed by atoms with Crippen molar-refractivity contribution in [1.82, 2.24) is 14.5 Å². The summed E-state index contributed by atoms with van der Waals surface area (Å²) in [5.41, 5.74) is 0.922. The van der Waals surface area contributed by atoms with Crippen molar-refractivity contribution in [2.45, 2.75) is 13.0 Å². The molecule has 3 rings (SSSR count). The van der Waals surface area contributed by atoms with Crippen LogP contribution in [-0.2, 0) is 13.0 Å². The van der Waals surface area contributed by atoms with Gasteiger partial charge in [0.1, 0.15) is 11.6 Å². The van der Waals surface area contributed by atoms with E-state index in [1.165, 1.54) is 12.1 Å². The van der Waals surface area contributed by atoms with Crippen LogP contribution in [0.5, 0.6) is 0 Å². The van der Waals surface area contributed by atoms with E-state index in [4.69, 9.17) is 0 Å². The quantitative estimate of drug-likeness (QED) is 0.729. The molecule has 0 aliphatic carbocycles. The molecule has 0 spiro atoms. The van der Waals surface area contributed by atoms with Crippen molar-refractivity contribution in [2.75, 3.05) is 0 Å². The van der Waals surface area contributed by atoms with E-state index < -0.39 is 0 Å². The lowest BCUT2D eigenvalue weighted by Crippen LogP contribution is -2.02. The van der Waals surface area contributed by atoms with Crippen LogP contribution in [-0.4, -0.2) is 14.5 Å². The lowest BCUT2D eigenvalue weighted by molar-refractivity contribution is 0.628. The van der Waals surface area contributed by atoms with Gasteiger partial charge in [0, 0.05) is 42.5 Å². The van der Waals surface area contributed by atoms with E-state index in [0.29, 0.717) is 0 Å². The fourth-order valence-corrected chi connectivity index (χ4v) is 2.55. The number of benzene rings is 1. The minimum atomic E-state index is -0.232. The first-order valence-electron chi connectivity index (χ1n) is 5.98. The summed E-state index contributed by atoms with van der Waals surface area (Å²) in [5.74, 6) is 0.626. The van der Waals surface area contributed by atoms with Crippen LogP contribution in [0.4, 0.5) is 4.39 Å². The van der Waals surface area contributed by atoms with Crippen molar-refractivity contribution in [2.24, 2.45) is 0 Å². The van der Waals surface area contributed by atoms with Crippen LogP contribution in [0.1, 0.15) is 5.01 Å². The molecule has 0 fully saturated rings. The molecular formula is C14H12FN3S. The predicted molar refractivity (Wildman–Crippen MR) is 73.4 cm³/mol. The van der Waals surface area contributed by atoms with Crippen LogP contribution in [0.3, 0.4) is 0 Å². The van der Waals surface area contributed by atoms with Gasteiger partial charge in [-0.25, -0.2) is 14.4 Å². The van der Waals surface area contributed by atoms with Crippen LogP contribution in [0.2, 0.25) is 0 Å². The number of halogens is 1. The van der Waals surface area contributed by atoms with Gasteiger partial charge in [0.2, 0.25) is 0 Å². The zero-order valence-electron chi connectivity index (χ0n) is 10.2. The third-order valence-electron chi connectivity index (χ3n) is 2.87. The third kappa shape index (κ3) is 2.71. The third-order valence-corrected chi connectivity index (χ3v) is 3.71. The number of thiazole rings is 1. The summed E-state index contributed by atoms with van der Waals surface area (Å²) in [6.45, 7) is 0.820. The molecule has 96 valence electrons. The van der Waals surface area contributed by atoms with E-state index in [2.05, 4.69) is 14.5 Å². The predicted octanol–water partition coefficient (Wildman–Crippen LogP) is 3.39. The Hall–Kier alpha value is -2.01. The normalized spacial score (nSPS) is 10.8. The van der Waals surface area contributed by atoms with Crippen LogP contribution < -0.4 is 0 Å². The number of hydrogen-bond donors (Lipinski definition) is 0. The second-order valence-electron chi connectivity index (χ2n) is 4.13. The summed E-state index contributed by atoms with van der Waals surface area (Å²) in [5, 5.41) is 3.09. The highest BCUT2D eigenvalue weighted by Gasteiger charge is 2.06. The van der Waals surface area contributed by atoms with Gasteiger partial charge >= 0.3 is 0 Å². The second-order valence-corrected chi connectivity index (χ2v) is 5.11. The average Bonchev–Trinajstić information content (AvgIpc) is 3.08. The standard InChI is InChI=1S/C14H12FN3S/c15-12-3-1-11(2-4-12)14-17-6-9-18(14)8-5-13-16-7-10-19-13/h1-4,6-7,9-10H,5,8H2. The molecular weight excluding hydrogens is 261 g/mol. The van der Waals surface area contributed by atoms with Crippen molar-refractivity contribution >= 4 is 11.3 Å². The fraction of sp³-hybridized carbons (Fsp3) is 0.143. The van der Waals surface area contributed by atoms with Gasteiger partial charge in [-0.05, 0) is 24.3 Å². The zero-order valence-corrected chi connectivity index (χ0v) is 11.0. The Balaban J connectivity index is 1.80. The fourth-order valence-electron chi connectivity index (χ4n) is 1.94. The molecule has 0 atom stereocenters. The largest absolute Gasteiger partial charge is 0.331 e. The van der Waals surface area contributed by atoms with Gasteiger partial charge in [0.15, 0.2) is 0 Å². The molecule has 0 saturated carbocycles. The van der Waals surface area contributed by atoms with Crippen molar-refractivity contribution in [1.29, 1.82) is 0 Å². The summed E-state index contributed by atoms with van der Waals surface area (Å²) < 4.78 is 15.0. The maximum Gasteiger partial charge on any atom is 0.139 e. The van der Waals surface area contributed by atoms with Crippen LogP contribution in [0.25, 0.3) is 11.4 Å². The average molecular weight is 273 g/mol. The van der Waals surface area contributed by atoms with E-state index in [1.807, 2.05) is 17.8 Å². The molecule has 3 nitrogen and oxygen atoms in total. The number of hydrogen-bond acceptors (Lipinski definition) is 3. The molecule has 0 radical (unpaired) electrons. The van der Waals surface area contributed by atoms with Crippen molar-refractivity contribution in [3.63, 3.8) is 0 Å².